The van der Waals surface area contributed by atoms with Gasteiger partial charge in [0.2, 0.25) is 0 Å². The first kappa shape index (κ1) is 15.2. The smallest absolute Gasteiger partial charge is 0.152 e. The summed E-state index contributed by atoms with van der Waals surface area (Å²) in [5.74, 6) is 1.64. The first-order chi connectivity index (χ1) is 11.6. The second-order valence-corrected chi connectivity index (χ2v) is 7.09. The molecule has 2 heterocycles. The fourth-order valence-electron chi connectivity index (χ4n) is 2.76. The second-order valence-electron chi connectivity index (χ2n) is 5.57. The Morgan fingerprint density at radius 2 is 1.83 bits per heavy atom. The SMILES string of the molecule is CC(=O)/C=C/c1cc2c(s1)-c1cc(Cl)ccc1Oc1ccccc1-2. The fourth-order valence-corrected chi connectivity index (χ4v) is 4.03. The van der Waals surface area contributed by atoms with Gasteiger partial charge in [0.1, 0.15) is 11.5 Å². The maximum Gasteiger partial charge on any atom is 0.152 e. The number of ketones is 1. The van der Waals surface area contributed by atoms with Crippen LogP contribution in [-0.2, 0) is 4.79 Å². The molecule has 3 aromatic rings. The van der Waals surface area contributed by atoms with E-state index in [9.17, 15) is 4.79 Å². The zero-order chi connectivity index (χ0) is 16.7. The van der Waals surface area contributed by atoms with E-state index in [1.54, 1.807) is 24.3 Å². The van der Waals surface area contributed by atoms with Crippen molar-refractivity contribution in [3.63, 3.8) is 0 Å². The zero-order valence-electron chi connectivity index (χ0n) is 12.9. The number of thiophene rings is 1. The molecule has 2 nitrogen and oxygen atoms in total. The predicted octanol–water partition coefficient (Wildman–Crippen LogP) is 6.44. The van der Waals surface area contributed by atoms with Gasteiger partial charge >= 0.3 is 0 Å². The van der Waals surface area contributed by atoms with E-state index in [1.807, 2.05) is 48.5 Å². The minimum atomic E-state index is 0.0331. The van der Waals surface area contributed by atoms with Crippen molar-refractivity contribution in [2.24, 2.45) is 0 Å². The molecule has 0 aliphatic carbocycles. The highest BCUT2D eigenvalue weighted by molar-refractivity contribution is 7.17. The minimum absolute atomic E-state index is 0.0331. The van der Waals surface area contributed by atoms with Crippen molar-refractivity contribution in [2.75, 3.05) is 0 Å². The third-order valence-electron chi connectivity index (χ3n) is 3.82. The highest BCUT2D eigenvalue weighted by atomic mass is 35.5. The Hall–Kier alpha value is -2.36. The Morgan fingerprint density at radius 3 is 2.67 bits per heavy atom. The van der Waals surface area contributed by atoms with E-state index in [1.165, 1.54) is 0 Å². The maximum atomic E-state index is 11.2. The molecule has 118 valence electrons. The van der Waals surface area contributed by atoms with E-state index < -0.39 is 0 Å². The first-order valence-corrected chi connectivity index (χ1v) is 8.71. The number of carbonyl (C=O) groups is 1. The summed E-state index contributed by atoms with van der Waals surface area (Å²) in [5.41, 5.74) is 3.11. The Labute approximate surface area is 149 Å². The minimum Gasteiger partial charge on any atom is -0.456 e. The molecule has 24 heavy (non-hydrogen) atoms. The lowest BCUT2D eigenvalue weighted by Gasteiger charge is -2.08. The van der Waals surface area contributed by atoms with Crippen LogP contribution in [0.15, 0.2) is 54.6 Å². The molecule has 0 N–H and O–H groups in total. The van der Waals surface area contributed by atoms with Crippen LogP contribution in [0.25, 0.3) is 27.6 Å². The van der Waals surface area contributed by atoms with E-state index in [0.717, 1.165) is 37.9 Å². The van der Waals surface area contributed by atoms with Crippen molar-refractivity contribution in [1.29, 1.82) is 0 Å². The maximum absolute atomic E-state index is 11.2. The van der Waals surface area contributed by atoms with Crippen LogP contribution in [0, 0.1) is 0 Å². The Kier molecular flexibility index (Phi) is 3.75. The molecule has 0 fully saturated rings. The molecule has 0 bridgehead atoms. The molecule has 0 amide bonds. The number of halogens is 1. The van der Waals surface area contributed by atoms with Crippen molar-refractivity contribution in [1.82, 2.24) is 0 Å². The molecule has 0 saturated carbocycles. The predicted molar refractivity (Wildman–Crippen MR) is 100.0 cm³/mol. The zero-order valence-corrected chi connectivity index (χ0v) is 14.4. The number of hydrogen-bond acceptors (Lipinski definition) is 3. The third kappa shape index (κ3) is 2.66. The number of carbonyl (C=O) groups excluding carboxylic acids is 1. The molecule has 2 aromatic carbocycles. The molecule has 1 aliphatic rings. The van der Waals surface area contributed by atoms with E-state index >= 15 is 0 Å². The number of benzene rings is 2. The summed E-state index contributed by atoms with van der Waals surface area (Å²) in [6, 6.07) is 15.7. The standard InChI is InChI=1S/C20H13ClO2S/c1-12(22)6-8-14-11-16-15-4-2-3-5-18(15)23-19-9-7-13(21)10-17(19)20(16)24-14/h2-11H,1H3/b8-6+. The van der Waals surface area contributed by atoms with Crippen molar-refractivity contribution >= 4 is 34.8 Å². The molecule has 0 spiro atoms. The van der Waals surface area contributed by atoms with Gasteiger partial charge in [-0.25, -0.2) is 0 Å². The molecule has 4 rings (SSSR count). The lowest BCUT2D eigenvalue weighted by molar-refractivity contribution is -0.112. The number of allylic oxidation sites excluding steroid dienone is 1. The average molecular weight is 353 g/mol. The van der Waals surface area contributed by atoms with Crippen LogP contribution in [0.1, 0.15) is 11.8 Å². The summed E-state index contributed by atoms with van der Waals surface area (Å²) >= 11 is 7.84. The van der Waals surface area contributed by atoms with Crippen LogP contribution >= 0.6 is 22.9 Å². The largest absolute Gasteiger partial charge is 0.456 e. The van der Waals surface area contributed by atoms with Crippen LogP contribution in [0.4, 0.5) is 0 Å². The van der Waals surface area contributed by atoms with Crippen LogP contribution in [0.3, 0.4) is 0 Å². The number of para-hydroxylation sites is 1. The van der Waals surface area contributed by atoms with E-state index in [2.05, 4.69) is 6.07 Å². The second kappa shape index (κ2) is 5.93. The molecule has 1 aromatic heterocycles. The quantitative estimate of drug-likeness (QED) is 0.388. The van der Waals surface area contributed by atoms with Crippen molar-refractivity contribution in [2.45, 2.75) is 6.92 Å². The summed E-state index contributed by atoms with van der Waals surface area (Å²) in [6.45, 7) is 1.55. The summed E-state index contributed by atoms with van der Waals surface area (Å²) in [4.78, 5) is 13.4. The first-order valence-electron chi connectivity index (χ1n) is 7.51. The van der Waals surface area contributed by atoms with Gasteiger partial charge < -0.3 is 4.74 Å². The van der Waals surface area contributed by atoms with Gasteiger partial charge in [-0.1, -0.05) is 29.8 Å². The van der Waals surface area contributed by atoms with E-state index in [4.69, 9.17) is 16.3 Å². The lowest BCUT2D eigenvalue weighted by atomic mass is 10.0. The van der Waals surface area contributed by atoms with Crippen LogP contribution in [-0.4, -0.2) is 5.78 Å². The number of fused-ring (bicyclic) bond motifs is 5. The molecular formula is C20H13ClO2S. The molecule has 1 aliphatic heterocycles. The Bertz CT molecular complexity index is 985. The summed E-state index contributed by atoms with van der Waals surface area (Å²) in [6.07, 6.45) is 3.45. The van der Waals surface area contributed by atoms with Gasteiger partial charge in [-0.05, 0) is 49.4 Å². The van der Waals surface area contributed by atoms with Crippen LogP contribution in [0.2, 0.25) is 5.02 Å². The monoisotopic (exact) mass is 352 g/mol. The molecule has 0 saturated heterocycles. The summed E-state index contributed by atoms with van der Waals surface area (Å²) in [7, 11) is 0. The fraction of sp³-hybridized carbons (Fsp3) is 0.0500. The van der Waals surface area contributed by atoms with E-state index in [-0.39, 0.29) is 5.78 Å². The summed E-state index contributed by atoms with van der Waals surface area (Å²) in [5, 5.41) is 0.670. The Morgan fingerprint density at radius 1 is 1.04 bits per heavy atom. The average Bonchev–Trinajstić information content (AvgIpc) is 2.94. The normalized spacial score (nSPS) is 12.1. The van der Waals surface area contributed by atoms with Crippen LogP contribution < -0.4 is 4.74 Å². The molecule has 0 radical (unpaired) electrons. The van der Waals surface area contributed by atoms with Gasteiger partial charge in [-0.3, -0.25) is 4.79 Å². The highest BCUT2D eigenvalue weighted by Crippen LogP contribution is 2.50. The third-order valence-corrected chi connectivity index (χ3v) is 5.19. The van der Waals surface area contributed by atoms with Gasteiger partial charge in [0.15, 0.2) is 5.78 Å². The topological polar surface area (TPSA) is 26.3 Å². The summed E-state index contributed by atoms with van der Waals surface area (Å²) < 4.78 is 6.11. The van der Waals surface area contributed by atoms with Gasteiger partial charge in [0, 0.05) is 31.5 Å². The van der Waals surface area contributed by atoms with Gasteiger partial charge in [0.25, 0.3) is 0 Å². The van der Waals surface area contributed by atoms with Gasteiger partial charge in [-0.15, -0.1) is 11.3 Å². The molecule has 4 heteroatoms. The van der Waals surface area contributed by atoms with Crippen molar-refractivity contribution < 1.29 is 9.53 Å². The van der Waals surface area contributed by atoms with Gasteiger partial charge in [0.05, 0.1) is 0 Å². The van der Waals surface area contributed by atoms with Crippen molar-refractivity contribution in [3.8, 4) is 33.1 Å². The number of ether oxygens (including phenoxy) is 1. The molecule has 0 unspecified atom stereocenters. The van der Waals surface area contributed by atoms with E-state index in [0.29, 0.717) is 5.02 Å². The highest BCUT2D eigenvalue weighted by Gasteiger charge is 2.23. The van der Waals surface area contributed by atoms with Crippen molar-refractivity contribution in [3.05, 3.63) is 64.5 Å². The number of hydrogen-bond donors (Lipinski definition) is 0. The van der Waals surface area contributed by atoms with Gasteiger partial charge in [-0.2, -0.15) is 0 Å². The molecule has 0 atom stereocenters. The van der Waals surface area contributed by atoms with Crippen LogP contribution in [0.5, 0.6) is 11.5 Å². The lowest BCUT2D eigenvalue weighted by Crippen LogP contribution is -1.85. The Balaban J connectivity index is 1.99. The molecular weight excluding hydrogens is 340 g/mol. The number of rotatable bonds is 2.